The van der Waals surface area contributed by atoms with Gasteiger partial charge in [0.1, 0.15) is 16.4 Å². The van der Waals surface area contributed by atoms with Gasteiger partial charge in [-0.25, -0.2) is 13.1 Å². The molecule has 0 aromatic heterocycles. The van der Waals surface area contributed by atoms with Crippen LogP contribution in [-0.4, -0.2) is 34.6 Å². The van der Waals surface area contributed by atoms with E-state index >= 15 is 0 Å². The molecule has 1 amide bonds. The van der Waals surface area contributed by atoms with Crippen molar-refractivity contribution >= 4 is 15.9 Å². The van der Waals surface area contributed by atoms with Crippen LogP contribution in [0.4, 0.5) is 0 Å². The highest BCUT2D eigenvalue weighted by Crippen LogP contribution is 2.25. The van der Waals surface area contributed by atoms with Crippen LogP contribution >= 0.6 is 0 Å². The molecule has 3 N–H and O–H groups in total. The van der Waals surface area contributed by atoms with Gasteiger partial charge in [0.2, 0.25) is 15.9 Å². The summed E-state index contributed by atoms with van der Waals surface area (Å²) in [7, 11) is -2.24. The molecular formula is C19H24N2O5S. The maximum atomic E-state index is 12.7. The lowest BCUT2D eigenvalue weighted by Crippen LogP contribution is -2.26. The van der Waals surface area contributed by atoms with Gasteiger partial charge in [-0.15, -0.1) is 0 Å². The highest BCUT2D eigenvalue weighted by atomic mass is 32.2. The number of hydrogen-bond acceptors (Lipinski definition) is 5. The summed E-state index contributed by atoms with van der Waals surface area (Å²) in [5.74, 6) is 0.244. The monoisotopic (exact) mass is 392 g/mol. The van der Waals surface area contributed by atoms with E-state index in [1.807, 2.05) is 24.3 Å². The van der Waals surface area contributed by atoms with Gasteiger partial charge < -0.3 is 15.2 Å². The zero-order chi connectivity index (χ0) is 19.9. The van der Waals surface area contributed by atoms with Crippen molar-refractivity contribution in [3.63, 3.8) is 0 Å². The van der Waals surface area contributed by atoms with Crippen LogP contribution < -0.4 is 19.9 Å². The third-order valence-corrected chi connectivity index (χ3v) is 5.37. The molecule has 7 nitrogen and oxygen atoms in total. The van der Waals surface area contributed by atoms with E-state index in [0.29, 0.717) is 19.4 Å². The van der Waals surface area contributed by atoms with Crippen LogP contribution in [0.2, 0.25) is 0 Å². The summed E-state index contributed by atoms with van der Waals surface area (Å²) < 4.78 is 38.4. The zero-order valence-electron chi connectivity index (χ0n) is 15.4. The number of nitrogens with two attached hydrogens (primary N) is 1. The van der Waals surface area contributed by atoms with Gasteiger partial charge in [-0.1, -0.05) is 12.1 Å². The molecule has 0 radical (unpaired) electrons. The third-order valence-electron chi connectivity index (χ3n) is 3.89. The Bertz CT molecular complexity index is 897. The highest BCUT2D eigenvalue weighted by Gasteiger charge is 2.21. The number of benzene rings is 2. The first-order valence-electron chi connectivity index (χ1n) is 8.56. The van der Waals surface area contributed by atoms with Gasteiger partial charge in [0.15, 0.2) is 0 Å². The van der Waals surface area contributed by atoms with Crippen molar-refractivity contribution in [1.29, 1.82) is 0 Å². The van der Waals surface area contributed by atoms with Crippen molar-refractivity contribution in [3.8, 4) is 11.5 Å². The number of carbonyl (C=O) groups is 1. The number of nitrogens with one attached hydrogen (secondary N) is 1. The highest BCUT2D eigenvalue weighted by molar-refractivity contribution is 7.89. The van der Waals surface area contributed by atoms with E-state index in [4.69, 9.17) is 15.2 Å². The average Bonchev–Trinajstić information content (AvgIpc) is 2.65. The van der Waals surface area contributed by atoms with E-state index in [9.17, 15) is 13.2 Å². The van der Waals surface area contributed by atoms with E-state index in [2.05, 4.69) is 4.72 Å². The standard InChI is InChI=1S/C19H24N2O5S/c1-3-26-17-10-9-15(19(20)22)13-18(17)27(23,24)21-11-5-7-14-6-4-8-16(12-14)25-2/h4,6,8-10,12-13,21H,3,5,7,11H2,1-2H3,(H2,20,22). The Hall–Kier alpha value is -2.58. The van der Waals surface area contributed by atoms with Gasteiger partial charge in [-0.05, 0) is 55.7 Å². The second-order valence-corrected chi connectivity index (χ2v) is 7.55. The van der Waals surface area contributed by atoms with Crippen molar-refractivity contribution in [2.24, 2.45) is 5.73 Å². The summed E-state index contributed by atoms with van der Waals surface area (Å²) >= 11 is 0. The molecule has 0 aliphatic carbocycles. The Labute approximate surface area is 159 Å². The Balaban J connectivity index is 2.06. The smallest absolute Gasteiger partial charge is 0.248 e. The minimum atomic E-state index is -3.84. The van der Waals surface area contributed by atoms with Crippen molar-refractivity contribution in [1.82, 2.24) is 4.72 Å². The Morgan fingerprint density at radius 2 is 1.96 bits per heavy atom. The predicted molar refractivity (Wildman–Crippen MR) is 103 cm³/mol. The average molecular weight is 392 g/mol. The van der Waals surface area contributed by atoms with Crippen LogP contribution in [0, 0.1) is 0 Å². The number of sulfonamides is 1. The molecule has 0 saturated carbocycles. The fourth-order valence-electron chi connectivity index (χ4n) is 2.55. The number of aryl methyl sites for hydroxylation is 1. The number of ether oxygens (including phenoxy) is 2. The molecule has 0 saturated heterocycles. The molecule has 8 heteroatoms. The number of carbonyl (C=O) groups excluding carboxylic acids is 1. The van der Waals surface area contributed by atoms with Gasteiger partial charge in [-0.2, -0.15) is 0 Å². The van der Waals surface area contributed by atoms with E-state index in [1.54, 1.807) is 14.0 Å². The van der Waals surface area contributed by atoms with Crippen LogP contribution in [0.25, 0.3) is 0 Å². The molecule has 0 fully saturated rings. The van der Waals surface area contributed by atoms with Gasteiger partial charge in [-0.3, -0.25) is 4.79 Å². The number of amides is 1. The number of hydrogen-bond donors (Lipinski definition) is 2. The normalized spacial score (nSPS) is 11.2. The van der Waals surface area contributed by atoms with Gasteiger partial charge in [0.25, 0.3) is 0 Å². The minimum absolute atomic E-state index is 0.0953. The summed E-state index contributed by atoms with van der Waals surface area (Å²) in [6.45, 7) is 2.29. The molecule has 0 aliphatic rings. The molecule has 0 unspecified atom stereocenters. The predicted octanol–water partition coefficient (Wildman–Crippen LogP) is 2.10. The Kier molecular flexibility index (Phi) is 7.20. The maximum absolute atomic E-state index is 12.7. The second kappa shape index (κ2) is 9.38. The van der Waals surface area contributed by atoms with Crippen LogP contribution in [0.3, 0.4) is 0 Å². The molecule has 0 heterocycles. The van der Waals surface area contributed by atoms with Gasteiger partial charge in [0.05, 0.1) is 13.7 Å². The molecule has 0 aliphatic heterocycles. The SMILES string of the molecule is CCOc1ccc(C(N)=O)cc1S(=O)(=O)NCCCc1cccc(OC)c1. The second-order valence-electron chi connectivity index (χ2n) is 5.81. The van der Waals surface area contributed by atoms with Crippen molar-refractivity contribution < 1.29 is 22.7 Å². The maximum Gasteiger partial charge on any atom is 0.248 e. The lowest BCUT2D eigenvalue weighted by atomic mass is 10.1. The Morgan fingerprint density at radius 3 is 2.63 bits per heavy atom. The number of primary amides is 1. The summed E-state index contributed by atoms with van der Waals surface area (Å²) in [4.78, 5) is 11.3. The van der Waals surface area contributed by atoms with E-state index in [1.165, 1.54) is 18.2 Å². The summed E-state index contributed by atoms with van der Waals surface area (Å²) in [6, 6.07) is 11.7. The van der Waals surface area contributed by atoms with Crippen molar-refractivity contribution in [2.45, 2.75) is 24.7 Å². The first kappa shape index (κ1) is 20.7. The molecule has 0 spiro atoms. The Morgan fingerprint density at radius 1 is 1.19 bits per heavy atom. The molecule has 2 aromatic rings. The van der Waals surface area contributed by atoms with E-state index in [0.717, 1.165) is 11.3 Å². The lowest BCUT2D eigenvalue weighted by molar-refractivity contribution is 0.1000. The zero-order valence-corrected chi connectivity index (χ0v) is 16.2. The van der Waals surface area contributed by atoms with E-state index < -0.39 is 15.9 Å². The lowest BCUT2D eigenvalue weighted by Gasteiger charge is -2.13. The van der Waals surface area contributed by atoms with Crippen molar-refractivity contribution in [3.05, 3.63) is 53.6 Å². The largest absolute Gasteiger partial charge is 0.497 e. The van der Waals surface area contributed by atoms with Crippen LogP contribution in [0.15, 0.2) is 47.4 Å². The molecule has 2 rings (SSSR count). The van der Waals surface area contributed by atoms with Crippen molar-refractivity contribution in [2.75, 3.05) is 20.3 Å². The van der Waals surface area contributed by atoms with E-state index in [-0.39, 0.29) is 22.8 Å². The van der Waals surface area contributed by atoms with Crippen LogP contribution in [0.5, 0.6) is 11.5 Å². The summed E-state index contributed by atoms with van der Waals surface area (Å²) in [5, 5.41) is 0. The minimum Gasteiger partial charge on any atom is -0.497 e. The molecular weight excluding hydrogens is 368 g/mol. The fraction of sp³-hybridized carbons (Fsp3) is 0.316. The number of methoxy groups -OCH3 is 1. The molecule has 27 heavy (non-hydrogen) atoms. The number of rotatable bonds is 10. The van der Waals surface area contributed by atoms with Gasteiger partial charge >= 0.3 is 0 Å². The molecule has 146 valence electrons. The molecule has 2 aromatic carbocycles. The molecule has 0 atom stereocenters. The third kappa shape index (κ3) is 5.70. The quantitative estimate of drug-likeness (QED) is 0.602. The fourth-order valence-corrected chi connectivity index (χ4v) is 3.79. The first-order chi connectivity index (χ1) is 12.9. The summed E-state index contributed by atoms with van der Waals surface area (Å²) in [5.41, 5.74) is 6.42. The summed E-state index contributed by atoms with van der Waals surface area (Å²) in [6.07, 6.45) is 1.30. The topological polar surface area (TPSA) is 108 Å². The molecule has 0 bridgehead atoms. The van der Waals surface area contributed by atoms with Gasteiger partial charge in [0, 0.05) is 12.1 Å². The first-order valence-corrected chi connectivity index (χ1v) is 10.0. The van der Waals surface area contributed by atoms with Crippen LogP contribution in [-0.2, 0) is 16.4 Å². The van der Waals surface area contributed by atoms with Crippen LogP contribution in [0.1, 0.15) is 29.3 Å².